The monoisotopic (exact) mass is 1430 g/mol. The number of azide groups is 7. The van der Waals surface area contributed by atoms with Crippen molar-refractivity contribution >= 4 is 6.08 Å². The minimum atomic E-state index is -2.31. The van der Waals surface area contributed by atoms with Gasteiger partial charge in [0.25, 0.3) is 0 Å². The van der Waals surface area contributed by atoms with Gasteiger partial charge in [0.1, 0.15) is 128 Å². The number of aliphatic hydroxyl groups excluding tert-OH is 13. The van der Waals surface area contributed by atoms with E-state index in [1.54, 1.807) is 36.4 Å². The average molecular weight is 1430 g/mol. The third-order valence-corrected chi connectivity index (χ3v) is 17.3. The lowest BCUT2D eigenvalue weighted by Gasteiger charge is -2.50. The van der Waals surface area contributed by atoms with Gasteiger partial charge in [-0.15, -0.1) is 0 Å². The Balaban J connectivity index is 1.10. The molecule has 13 N–H and O–H groups in total. The molecule has 49 nitrogen and oxygen atoms in total. The van der Waals surface area contributed by atoms with Crippen molar-refractivity contribution in [2.45, 2.75) is 215 Å². The molecular weight excluding hydrogens is 1350 g/mol. The summed E-state index contributed by atoms with van der Waals surface area (Å²) in [6.45, 7) is -5.92. The molecule has 0 unspecified atom stereocenters. The first-order valence-corrected chi connectivity index (χ1v) is 30.6. The fourth-order valence-corrected chi connectivity index (χ4v) is 12.3. The molecule has 21 aliphatic heterocycles. The van der Waals surface area contributed by atoms with Crippen molar-refractivity contribution in [3.63, 3.8) is 0 Å². The van der Waals surface area contributed by atoms with Crippen LogP contribution in [0.2, 0.25) is 0 Å². The summed E-state index contributed by atoms with van der Waals surface area (Å²) in [6.07, 6.45) is -69.0. The van der Waals surface area contributed by atoms with Crippen LogP contribution < -0.4 is 0 Å². The third-order valence-electron chi connectivity index (χ3n) is 17.3. The third kappa shape index (κ3) is 17.7. The molecular formula is C51H71N21O28. The Morgan fingerprint density at radius 3 is 0.730 bits per heavy atom. The Hall–Kier alpha value is -6.99. The van der Waals surface area contributed by atoms with E-state index < -0.39 is 261 Å². The Labute approximate surface area is 560 Å². The summed E-state index contributed by atoms with van der Waals surface area (Å²) in [4.78, 5) is 19.0. The van der Waals surface area contributed by atoms with E-state index in [4.69, 9.17) is 71.1 Å². The van der Waals surface area contributed by atoms with Gasteiger partial charge < -0.3 is 137 Å². The van der Waals surface area contributed by atoms with E-state index >= 15 is 0 Å². The van der Waals surface area contributed by atoms with Crippen molar-refractivity contribution in [2.24, 2.45) is 35.8 Å². The van der Waals surface area contributed by atoms with E-state index in [1.807, 2.05) is 0 Å². The van der Waals surface area contributed by atoms with Crippen molar-refractivity contribution in [1.29, 1.82) is 0 Å². The fraction of sp³-hybridized carbons (Fsp3) is 0.843. The number of ether oxygens (including phenoxy) is 15. The molecule has 21 fully saturated rings. The van der Waals surface area contributed by atoms with Crippen LogP contribution in [0.4, 0.5) is 0 Å². The summed E-state index contributed by atoms with van der Waals surface area (Å²) >= 11 is 0. The van der Waals surface area contributed by atoms with E-state index in [-0.39, 0.29) is 6.61 Å². The smallest absolute Gasteiger partial charge is 0.187 e. The Morgan fingerprint density at radius 1 is 0.290 bits per heavy atom. The second-order valence-electron chi connectivity index (χ2n) is 23.4. The van der Waals surface area contributed by atoms with Crippen molar-refractivity contribution in [2.75, 3.05) is 52.4 Å². The summed E-state index contributed by atoms with van der Waals surface area (Å²) in [7, 11) is 0. The molecule has 0 aromatic heterocycles. The molecule has 35 atom stereocenters. The van der Waals surface area contributed by atoms with Crippen molar-refractivity contribution < 1.29 is 137 Å². The van der Waals surface area contributed by atoms with Gasteiger partial charge in [-0.05, 0) is 44.3 Å². The molecule has 21 heterocycles. The lowest BCUT2D eigenvalue weighted by Crippen LogP contribution is -2.68. The molecule has 0 saturated carbocycles. The Bertz CT molecular complexity index is 3190. The zero-order valence-electron chi connectivity index (χ0n) is 51.7. The van der Waals surface area contributed by atoms with E-state index in [9.17, 15) is 105 Å². The molecule has 1 aromatic rings. The number of rotatable bonds is 18. The number of hydrogen-bond acceptors (Lipinski definition) is 35. The van der Waals surface area contributed by atoms with Crippen LogP contribution >= 0.6 is 0 Å². The van der Waals surface area contributed by atoms with Crippen LogP contribution in [-0.2, 0) is 71.1 Å². The second kappa shape index (κ2) is 36.2. The standard InChI is InChI=1S/C51H71N21O28/c52-66-59-9-17-37-25(74)31(80)46(88-17)96-39-19(11-61-68-54)90-48(33(82)27(39)76)98-41-21(13-63-70-56)92-50(35(84)29(41)78)100-43-23(15-65-72-58)93-51(36(85)44(43)86-8-4-7-16-5-2-1-3-6-16)99-42-22(14-64-71-57)91-49(34(83)28(42)77)97-40-20(12-62-69-55)89-47(32(81)26(40)75)95-38-18(10-60-67-53)87-45(94-37)30(79)24(38)73/h1-7,17-51,73-85H,8-15H2/b7-4+/t17-,18-,19-,20-,21-,22-,23-,24-,25-,26-,27-,28-,29-,30-,31-,32-,33-,34-,35-,36-,37-,38-,39-,40-,41-,42-,43-,44-,45-,46-,47-,48-,49-,50-,51-/m1/s1. The quantitative estimate of drug-likeness (QED) is 0.0390. The highest BCUT2D eigenvalue weighted by Gasteiger charge is 2.60. The summed E-state index contributed by atoms with van der Waals surface area (Å²) in [5.41, 5.74) is 67.0. The molecule has 0 amide bonds. The van der Waals surface area contributed by atoms with Crippen LogP contribution in [0.15, 0.2) is 72.2 Å². The normalized spacial score (nSPS) is 44.5. The fourth-order valence-electron chi connectivity index (χ4n) is 12.3. The molecule has 21 saturated heterocycles. The second-order valence-corrected chi connectivity index (χ2v) is 23.4. The number of nitrogens with zero attached hydrogens (tertiary/aromatic N) is 21. The van der Waals surface area contributed by atoms with Gasteiger partial charge in [-0.25, -0.2) is 0 Å². The lowest BCUT2D eigenvalue weighted by molar-refractivity contribution is -0.392. The zero-order valence-corrected chi connectivity index (χ0v) is 51.7. The summed E-state index contributed by atoms with van der Waals surface area (Å²) in [5.74, 6) is 0. The molecule has 100 heavy (non-hydrogen) atoms. The molecule has 548 valence electrons. The van der Waals surface area contributed by atoms with Crippen LogP contribution in [0.5, 0.6) is 0 Å². The summed E-state index contributed by atoms with van der Waals surface area (Å²) in [6, 6.07) is 8.71. The Kier molecular flexibility index (Phi) is 28.0. The van der Waals surface area contributed by atoms with Crippen LogP contribution in [0, 0.1) is 0 Å². The van der Waals surface area contributed by atoms with Crippen molar-refractivity contribution in [3.05, 3.63) is 115 Å². The van der Waals surface area contributed by atoms with Gasteiger partial charge in [0.2, 0.25) is 0 Å². The molecule has 14 bridgehead atoms. The van der Waals surface area contributed by atoms with Crippen LogP contribution in [0.1, 0.15) is 5.56 Å². The highest BCUT2D eigenvalue weighted by atomic mass is 16.8. The molecule has 0 aliphatic carbocycles. The van der Waals surface area contributed by atoms with Gasteiger partial charge in [0, 0.05) is 34.4 Å². The SMILES string of the molecule is [N-]=[N+]=NC[C@H]1O[C@@H]2O[C@H]3[C@H](O)[C@@H](O)[C@@H](O[C@H]4[C@H](O)[C@@H](O)[C@@H](O[C@H]5[C@H](OC/C=C/c6ccccc6)[C@@H](O)[C@@H](O[C@H]6[C@H](O)[C@@H](O)[C@@H](O[C@H]7[C@H](O)[C@@H](O)[C@@H](O[C@H]8[C@H](O)[C@@H](O)[C@@H](O[C@H]1[C@H](O)[C@H]2O)O[C@@H]8CN=[N+]=[N-])O[C@@H]7CN=[N+]=[N-])O[C@@H]6CN=[N+]=[N-])O[C@@H]5CN=[N+]=[N-])O[C@@H]4CN=[N+]=[N-])O[C@@H]3CN=[N+]=[N-]. The first-order chi connectivity index (χ1) is 48.2. The lowest BCUT2D eigenvalue weighted by atomic mass is 9.94. The minimum Gasteiger partial charge on any atom is -0.387 e. The average Bonchev–Trinajstić information content (AvgIpc) is 0.778. The maximum absolute atomic E-state index is 12.4. The number of aliphatic hydroxyl groups is 13. The van der Waals surface area contributed by atoms with Gasteiger partial charge in [0.15, 0.2) is 44.0 Å². The first kappa shape index (κ1) is 77.2. The molecule has 1 aromatic carbocycles. The van der Waals surface area contributed by atoms with Crippen molar-refractivity contribution in [3.8, 4) is 0 Å². The Morgan fingerprint density at radius 2 is 0.500 bits per heavy atom. The molecule has 22 rings (SSSR count). The molecule has 21 aliphatic rings. The minimum absolute atomic E-state index is 0.390. The predicted molar refractivity (Wildman–Crippen MR) is 316 cm³/mol. The van der Waals surface area contributed by atoms with E-state index in [1.165, 1.54) is 6.08 Å². The van der Waals surface area contributed by atoms with Gasteiger partial charge >= 0.3 is 0 Å². The summed E-state index contributed by atoms with van der Waals surface area (Å²) < 4.78 is 90.5. The molecule has 0 radical (unpaired) electrons. The topological polar surface area (TPSA) is 743 Å². The van der Waals surface area contributed by atoms with Crippen LogP contribution in [0.25, 0.3) is 79.2 Å². The van der Waals surface area contributed by atoms with Crippen LogP contribution in [0.3, 0.4) is 0 Å². The largest absolute Gasteiger partial charge is 0.387 e. The highest BCUT2D eigenvalue weighted by Crippen LogP contribution is 2.40. The van der Waals surface area contributed by atoms with Gasteiger partial charge in [-0.2, -0.15) is 0 Å². The maximum atomic E-state index is 12.4. The summed E-state index contributed by atoms with van der Waals surface area (Å²) in [5, 5.41) is 179. The maximum Gasteiger partial charge on any atom is 0.187 e. The zero-order chi connectivity index (χ0) is 71.9. The van der Waals surface area contributed by atoms with Gasteiger partial charge in [-0.3, -0.25) is 0 Å². The van der Waals surface area contributed by atoms with Crippen LogP contribution in [-0.4, -0.2) is 334 Å². The number of benzene rings is 1. The van der Waals surface area contributed by atoms with E-state index in [0.717, 1.165) is 0 Å². The molecule has 49 heteroatoms. The first-order valence-electron chi connectivity index (χ1n) is 30.6. The molecule has 0 spiro atoms. The van der Waals surface area contributed by atoms with E-state index in [0.29, 0.717) is 5.56 Å². The number of hydrogen-bond donors (Lipinski definition) is 13. The highest BCUT2D eigenvalue weighted by molar-refractivity contribution is 5.48. The predicted octanol–water partition coefficient (Wildman–Crippen LogP) is -3.27. The van der Waals surface area contributed by atoms with Gasteiger partial charge in [0.05, 0.1) is 95.1 Å². The van der Waals surface area contributed by atoms with Gasteiger partial charge in [-0.1, -0.05) is 78.3 Å². The van der Waals surface area contributed by atoms with Crippen molar-refractivity contribution in [1.82, 2.24) is 0 Å². The van der Waals surface area contributed by atoms with E-state index in [2.05, 4.69) is 70.2 Å².